The topological polar surface area (TPSA) is 86.3 Å². The van der Waals surface area contributed by atoms with Crippen molar-refractivity contribution in [1.29, 1.82) is 0 Å². The average Bonchev–Trinajstić information content (AvgIpc) is 2.05. The van der Waals surface area contributed by atoms with Crippen molar-refractivity contribution in [1.82, 2.24) is 0 Å². The predicted octanol–water partition coefficient (Wildman–Crippen LogP) is 1.20. The molecule has 0 aromatic rings. The fourth-order valence-electron chi connectivity index (χ4n) is 1.55. The quantitative estimate of drug-likeness (QED) is 0.357. The summed E-state index contributed by atoms with van der Waals surface area (Å²) >= 11 is 0. The minimum Gasteiger partial charge on any atom is -0.258 e. The maximum absolute atomic E-state index is 10.5. The molecule has 0 amide bonds. The summed E-state index contributed by atoms with van der Waals surface area (Å²) in [7, 11) is 0. The van der Waals surface area contributed by atoms with Crippen molar-refractivity contribution in [3.8, 4) is 0 Å². The van der Waals surface area contributed by atoms with Crippen LogP contribution in [0, 0.1) is 20.2 Å². The molecule has 0 aliphatic heterocycles. The third-order valence-electron chi connectivity index (χ3n) is 2.33. The number of nitrogens with zero attached hydrogens (tertiary/aromatic N) is 2. The second-order valence-corrected chi connectivity index (χ2v) is 3.06. The highest BCUT2D eigenvalue weighted by molar-refractivity contribution is 4.72. The van der Waals surface area contributed by atoms with E-state index < -0.39 is 15.5 Å². The first kappa shape index (κ1) is 8.89. The fraction of sp³-hybridized carbons (Fsp3) is 1.00. The summed E-state index contributed by atoms with van der Waals surface area (Å²) in [4.78, 5) is 19.5. The van der Waals surface area contributed by atoms with Crippen LogP contribution in [0.1, 0.15) is 32.1 Å². The lowest BCUT2D eigenvalue weighted by atomic mass is 9.90. The van der Waals surface area contributed by atoms with Gasteiger partial charge < -0.3 is 0 Å². The Morgan fingerprint density at radius 2 is 1.33 bits per heavy atom. The van der Waals surface area contributed by atoms with E-state index in [1.165, 1.54) is 0 Å². The number of hydrogen-bond donors (Lipinski definition) is 0. The van der Waals surface area contributed by atoms with Crippen LogP contribution in [0.25, 0.3) is 0 Å². The third kappa shape index (κ3) is 1.24. The Bertz CT molecular complexity index is 194. The Morgan fingerprint density at radius 3 is 1.58 bits per heavy atom. The van der Waals surface area contributed by atoms with Crippen molar-refractivity contribution < 1.29 is 9.85 Å². The maximum atomic E-state index is 10.5. The van der Waals surface area contributed by atoms with Crippen LogP contribution >= 0.6 is 0 Å². The highest BCUT2D eigenvalue weighted by Crippen LogP contribution is 2.31. The lowest BCUT2D eigenvalue weighted by Crippen LogP contribution is -2.47. The summed E-state index contributed by atoms with van der Waals surface area (Å²) in [5.74, 6) is 0. The van der Waals surface area contributed by atoms with E-state index in [9.17, 15) is 20.2 Å². The molecule has 1 aliphatic rings. The number of rotatable bonds is 2. The van der Waals surface area contributed by atoms with Crippen molar-refractivity contribution in [3.63, 3.8) is 0 Å². The molecule has 6 nitrogen and oxygen atoms in total. The Kier molecular flexibility index (Phi) is 2.25. The van der Waals surface area contributed by atoms with Crippen LogP contribution < -0.4 is 0 Å². The molecule has 1 rings (SSSR count). The minimum absolute atomic E-state index is 0.0764. The first-order chi connectivity index (χ1) is 5.59. The second-order valence-electron chi connectivity index (χ2n) is 3.06. The summed E-state index contributed by atoms with van der Waals surface area (Å²) in [5.41, 5.74) is -1.88. The van der Waals surface area contributed by atoms with Gasteiger partial charge in [-0.2, -0.15) is 0 Å². The molecule has 12 heavy (non-hydrogen) atoms. The van der Waals surface area contributed by atoms with Crippen LogP contribution in [0.5, 0.6) is 0 Å². The van der Waals surface area contributed by atoms with E-state index in [0.717, 1.165) is 6.42 Å². The smallest absolute Gasteiger partial charge is 0.258 e. The highest BCUT2D eigenvalue weighted by atomic mass is 16.7. The zero-order chi connectivity index (χ0) is 9.19. The molecule has 0 bridgehead atoms. The number of nitro groups is 2. The Morgan fingerprint density at radius 1 is 0.917 bits per heavy atom. The van der Waals surface area contributed by atoms with E-state index in [1.807, 2.05) is 0 Å². The van der Waals surface area contributed by atoms with Crippen LogP contribution in [0.3, 0.4) is 0 Å². The van der Waals surface area contributed by atoms with E-state index in [1.54, 1.807) is 0 Å². The molecule has 1 fully saturated rings. The molecule has 0 aromatic heterocycles. The van der Waals surface area contributed by atoms with Gasteiger partial charge >= 0.3 is 5.66 Å². The minimum atomic E-state index is -1.88. The van der Waals surface area contributed by atoms with Gasteiger partial charge in [-0.3, -0.25) is 20.2 Å². The van der Waals surface area contributed by atoms with Gasteiger partial charge in [0, 0.05) is 0 Å². The van der Waals surface area contributed by atoms with E-state index in [4.69, 9.17) is 0 Å². The van der Waals surface area contributed by atoms with Gasteiger partial charge in [0.2, 0.25) is 0 Å². The third-order valence-corrected chi connectivity index (χ3v) is 2.33. The lowest BCUT2D eigenvalue weighted by molar-refractivity contribution is -0.800. The Labute approximate surface area is 68.9 Å². The molecule has 0 spiro atoms. The van der Waals surface area contributed by atoms with E-state index in [2.05, 4.69) is 0 Å². The molecular formula is C6H10N2O4. The van der Waals surface area contributed by atoms with Crippen molar-refractivity contribution >= 4 is 0 Å². The van der Waals surface area contributed by atoms with Crippen molar-refractivity contribution in [3.05, 3.63) is 20.2 Å². The zero-order valence-corrected chi connectivity index (χ0v) is 6.56. The summed E-state index contributed by atoms with van der Waals surface area (Å²) in [6, 6.07) is 0. The van der Waals surface area contributed by atoms with Gasteiger partial charge in [0.25, 0.3) is 0 Å². The normalized spacial score (nSPS) is 21.7. The summed E-state index contributed by atoms with van der Waals surface area (Å²) < 4.78 is 0. The average molecular weight is 174 g/mol. The van der Waals surface area contributed by atoms with Crippen LogP contribution in [0.2, 0.25) is 0 Å². The molecule has 0 saturated heterocycles. The van der Waals surface area contributed by atoms with Crippen molar-refractivity contribution in [2.75, 3.05) is 0 Å². The molecule has 1 aliphatic carbocycles. The van der Waals surface area contributed by atoms with Crippen LogP contribution in [-0.2, 0) is 0 Å². The first-order valence-corrected chi connectivity index (χ1v) is 3.88. The molecule has 1 saturated carbocycles. The van der Waals surface area contributed by atoms with Gasteiger partial charge in [-0.05, 0) is 12.8 Å². The van der Waals surface area contributed by atoms with E-state index in [-0.39, 0.29) is 12.8 Å². The van der Waals surface area contributed by atoms with Gasteiger partial charge in [-0.25, -0.2) is 0 Å². The summed E-state index contributed by atoms with van der Waals surface area (Å²) in [6.07, 6.45) is 2.19. The van der Waals surface area contributed by atoms with E-state index >= 15 is 0 Å². The van der Waals surface area contributed by atoms with Crippen molar-refractivity contribution in [2.24, 2.45) is 0 Å². The lowest BCUT2D eigenvalue weighted by Gasteiger charge is -2.20. The molecule has 0 atom stereocenters. The number of hydrogen-bond acceptors (Lipinski definition) is 4. The molecule has 68 valence electrons. The van der Waals surface area contributed by atoms with Gasteiger partial charge in [0.1, 0.15) is 0 Å². The highest BCUT2D eigenvalue weighted by Gasteiger charge is 2.55. The molecule has 0 unspecified atom stereocenters. The molecule has 6 heteroatoms. The maximum Gasteiger partial charge on any atom is 0.458 e. The standard InChI is InChI=1S/C6H10N2O4/c9-7(10)6(8(11)12)4-2-1-3-5-6/h1-5H2. The first-order valence-electron chi connectivity index (χ1n) is 3.88. The molecule has 0 radical (unpaired) electrons. The zero-order valence-electron chi connectivity index (χ0n) is 6.56. The molecular weight excluding hydrogens is 164 g/mol. The Balaban J connectivity index is 2.84. The SMILES string of the molecule is O=[N+]([O-])C1([N+](=O)[O-])CCCCC1. The van der Waals surface area contributed by atoms with Gasteiger partial charge in [-0.15, -0.1) is 0 Å². The van der Waals surface area contributed by atoms with Crippen molar-refractivity contribution in [2.45, 2.75) is 37.8 Å². The largest absolute Gasteiger partial charge is 0.458 e. The van der Waals surface area contributed by atoms with Gasteiger partial charge in [0.05, 0.1) is 22.7 Å². The Hall–Kier alpha value is -1.20. The molecule has 0 aromatic carbocycles. The van der Waals surface area contributed by atoms with Gasteiger partial charge in [-0.1, -0.05) is 6.42 Å². The van der Waals surface area contributed by atoms with Crippen LogP contribution in [0.4, 0.5) is 0 Å². The van der Waals surface area contributed by atoms with Gasteiger partial charge in [0.15, 0.2) is 0 Å². The predicted molar refractivity (Wildman–Crippen MR) is 39.8 cm³/mol. The second kappa shape index (κ2) is 3.04. The summed E-state index contributed by atoms with van der Waals surface area (Å²) in [5, 5.41) is 21.0. The van der Waals surface area contributed by atoms with E-state index in [0.29, 0.717) is 12.8 Å². The molecule has 0 heterocycles. The summed E-state index contributed by atoms with van der Waals surface area (Å²) in [6.45, 7) is 0. The van der Waals surface area contributed by atoms with Crippen LogP contribution in [-0.4, -0.2) is 15.5 Å². The fourth-order valence-corrected chi connectivity index (χ4v) is 1.55. The monoisotopic (exact) mass is 174 g/mol. The molecule has 0 N–H and O–H groups in total. The van der Waals surface area contributed by atoms with Crippen LogP contribution in [0.15, 0.2) is 0 Å².